The Balaban J connectivity index is 1.65. The molecule has 0 bridgehead atoms. The van der Waals surface area contributed by atoms with Gasteiger partial charge >= 0.3 is 0 Å². The first kappa shape index (κ1) is 17.6. The van der Waals surface area contributed by atoms with Crippen LogP contribution in [0.4, 0.5) is 5.69 Å². The molecule has 1 aliphatic heterocycles. The van der Waals surface area contributed by atoms with Crippen LogP contribution in [0.5, 0.6) is 0 Å². The van der Waals surface area contributed by atoms with Crippen molar-refractivity contribution in [3.05, 3.63) is 48.3 Å². The number of carbonyl (C=O) groups is 1. The number of hydrogen-bond donors (Lipinski definition) is 2. The molecule has 5 nitrogen and oxygen atoms in total. The summed E-state index contributed by atoms with van der Waals surface area (Å²) >= 11 is 1.45. The lowest BCUT2D eigenvalue weighted by molar-refractivity contribution is -0.910. The average Bonchev–Trinajstić information content (AvgIpc) is 3.22. The molecule has 1 aliphatic rings. The predicted octanol–water partition coefficient (Wildman–Crippen LogP) is 2.00. The second-order valence-electron chi connectivity index (χ2n) is 6.31. The van der Waals surface area contributed by atoms with Gasteiger partial charge in [0, 0.05) is 31.0 Å². The second kappa shape index (κ2) is 8.24. The molecule has 2 atom stereocenters. The van der Waals surface area contributed by atoms with Gasteiger partial charge in [0.05, 0.1) is 29.7 Å². The smallest absolute Gasteiger partial charge is 0.279 e. The summed E-state index contributed by atoms with van der Waals surface area (Å²) in [6, 6.07) is 14.4. The highest BCUT2D eigenvalue weighted by Crippen LogP contribution is 2.26. The number of benzene rings is 1. The number of nitrogens with zero attached hydrogens (tertiary/aromatic N) is 2. The summed E-state index contributed by atoms with van der Waals surface area (Å²) in [5, 5.41) is 11.8. The Morgan fingerprint density at radius 2 is 2.24 bits per heavy atom. The maximum atomic E-state index is 12.6. The number of nitrogens with one attached hydrogen (secondary N) is 2. The Morgan fingerprint density at radius 1 is 1.40 bits per heavy atom. The summed E-state index contributed by atoms with van der Waals surface area (Å²) in [5.41, 5.74) is 2.09. The van der Waals surface area contributed by atoms with Gasteiger partial charge in [-0.25, -0.2) is 0 Å². The van der Waals surface area contributed by atoms with E-state index in [4.69, 9.17) is 5.26 Å². The number of hydrogen-bond acceptors (Lipinski definition) is 3. The third-order valence-electron chi connectivity index (χ3n) is 4.67. The Morgan fingerprint density at radius 3 is 3.00 bits per heavy atom. The molecule has 1 amide bonds. The summed E-state index contributed by atoms with van der Waals surface area (Å²) in [7, 11) is 2.06. The highest BCUT2D eigenvalue weighted by molar-refractivity contribution is 7.99. The molecule has 1 saturated heterocycles. The van der Waals surface area contributed by atoms with Gasteiger partial charge in [-0.15, -0.1) is 11.8 Å². The molecule has 1 aromatic carbocycles. The first-order chi connectivity index (χ1) is 12.2. The third-order valence-corrected chi connectivity index (χ3v) is 5.61. The second-order valence-corrected chi connectivity index (χ2v) is 7.33. The van der Waals surface area contributed by atoms with Gasteiger partial charge in [-0.05, 0) is 24.3 Å². The van der Waals surface area contributed by atoms with Crippen LogP contribution in [0.1, 0.15) is 24.6 Å². The molecule has 2 heterocycles. The number of quaternary nitrogens is 1. The van der Waals surface area contributed by atoms with Crippen LogP contribution in [0.15, 0.2) is 47.5 Å². The molecule has 2 aromatic rings. The van der Waals surface area contributed by atoms with Gasteiger partial charge < -0.3 is 14.8 Å². The zero-order valence-corrected chi connectivity index (χ0v) is 15.2. The fourth-order valence-electron chi connectivity index (χ4n) is 3.52. The molecule has 0 spiro atoms. The Hall–Kier alpha value is -2.23. The molecule has 6 heteroatoms. The number of aryl methyl sites for hydroxylation is 1. The van der Waals surface area contributed by atoms with E-state index in [1.807, 2.05) is 24.3 Å². The Kier molecular flexibility index (Phi) is 5.79. The van der Waals surface area contributed by atoms with E-state index in [0.717, 1.165) is 30.0 Å². The number of rotatable bonds is 6. The summed E-state index contributed by atoms with van der Waals surface area (Å²) < 4.78 is 2.15. The summed E-state index contributed by atoms with van der Waals surface area (Å²) in [6.45, 7) is 1.49. The zero-order valence-electron chi connectivity index (χ0n) is 14.4. The largest absolute Gasteiger partial charge is 0.350 e. The normalized spacial score (nSPS) is 19.5. The van der Waals surface area contributed by atoms with Crippen molar-refractivity contribution < 1.29 is 9.69 Å². The number of amides is 1. The fraction of sp³-hybridized carbons (Fsp3) is 0.368. The van der Waals surface area contributed by atoms with Gasteiger partial charge in [0.2, 0.25) is 0 Å². The van der Waals surface area contributed by atoms with Gasteiger partial charge in [0.1, 0.15) is 6.04 Å². The number of likely N-dealkylation sites (tertiary alicyclic amines) is 1. The highest BCUT2D eigenvalue weighted by atomic mass is 32.2. The van der Waals surface area contributed by atoms with Crippen molar-refractivity contribution in [1.29, 1.82) is 5.26 Å². The molecule has 0 aliphatic carbocycles. The summed E-state index contributed by atoms with van der Waals surface area (Å²) in [5.74, 6) is 0.404. The quantitative estimate of drug-likeness (QED) is 0.779. The number of para-hydroxylation sites is 1. The van der Waals surface area contributed by atoms with Crippen molar-refractivity contribution >= 4 is 23.4 Å². The van der Waals surface area contributed by atoms with Crippen LogP contribution in [-0.2, 0) is 11.8 Å². The van der Waals surface area contributed by atoms with Crippen LogP contribution in [-0.4, -0.2) is 29.3 Å². The minimum absolute atomic E-state index is 0.0288. The fourth-order valence-corrected chi connectivity index (χ4v) is 4.19. The minimum atomic E-state index is 0.0288. The molecule has 130 valence electrons. The number of thioether (sulfide) groups is 1. The highest BCUT2D eigenvalue weighted by Gasteiger charge is 2.33. The molecular formula is C19H23N4OS+. The lowest BCUT2D eigenvalue weighted by Crippen LogP contribution is -3.11. The number of anilines is 1. The van der Waals surface area contributed by atoms with E-state index in [0.29, 0.717) is 18.3 Å². The van der Waals surface area contributed by atoms with Crippen molar-refractivity contribution in [2.24, 2.45) is 7.05 Å². The molecule has 0 radical (unpaired) electrons. The predicted molar refractivity (Wildman–Crippen MR) is 99.5 cm³/mol. The van der Waals surface area contributed by atoms with E-state index < -0.39 is 0 Å². The van der Waals surface area contributed by atoms with Crippen LogP contribution in [0.2, 0.25) is 0 Å². The molecule has 1 fully saturated rings. The molecule has 2 N–H and O–H groups in total. The van der Waals surface area contributed by atoms with E-state index in [2.05, 4.69) is 41.3 Å². The maximum absolute atomic E-state index is 12.6. The SMILES string of the molecule is Cn1cccc1[C@@H]1CCC[NH+]1CC(=O)Nc1ccccc1SCC#N. The van der Waals surface area contributed by atoms with Crippen LogP contribution < -0.4 is 10.2 Å². The van der Waals surface area contributed by atoms with Crippen molar-refractivity contribution in [1.82, 2.24) is 4.57 Å². The van der Waals surface area contributed by atoms with Gasteiger partial charge in [-0.1, -0.05) is 12.1 Å². The van der Waals surface area contributed by atoms with Crippen molar-refractivity contribution in [2.75, 3.05) is 24.2 Å². The molecule has 25 heavy (non-hydrogen) atoms. The van der Waals surface area contributed by atoms with Crippen molar-refractivity contribution in [3.63, 3.8) is 0 Å². The van der Waals surface area contributed by atoms with Crippen molar-refractivity contribution in [3.8, 4) is 6.07 Å². The lowest BCUT2D eigenvalue weighted by atomic mass is 10.1. The van der Waals surface area contributed by atoms with Crippen LogP contribution in [0.3, 0.4) is 0 Å². The monoisotopic (exact) mass is 355 g/mol. The van der Waals surface area contributed by atoms with Gasteiger partial charge in [0.25, 0.3) is 5.91 Å². The number of aromatic nitrogens is 1. The minimum Gasteiger partial charge on any atom is -0.350 e. The Labute approximate surface area is 152 Å². The van der Waals surface area contributed by atoms with E-state index in [1.165, 1.54) is 22.4 Å². The number of carbonyl (C=O) groups excluding carboxylic acids is 1. The maximum Gasteiger partial charge on any atom is 0.279 e. The van der Waals surface area contributed by atoms with Crippen LogP contribution >= 0.6 is 11.8 Å². The zero-order chi connectivity index (χ0) is 17.6. The van der Waals surface area contributed by atoms with Crippen LogP contribution in [0.25, 0.3) is 0 Å². The Bertz CT molecular complexity index is 780. The first-order valence-corrected chi connectivity index (χ1v) is 9.52. The molecule has 0 saturated carbocycles. The topological polar surface area (TPSA) is 62.3 Å². The molecule has 1 aromatic heterocycles. The lowest BCUT2D eigenvalue weighted by Gasteiger charge is -2.22. The van der Waals surface area contributed by atoms with Gasteiger partial charge in [-0.3, -0.25) is 4.79 Å². The molecule has 3 rings (SSSR count). The summed E-state index contributed by atoms with van der Waals surface area (Å²) in [6.07, 6.45) is 4.33. The average molecular weight is 355 g/mol. The summed E-state index contributed by atoms with van der Waals surface area (Å²) in [4.78, 5) is 14.8. The van der Waals surface area contributed by atoms with E-state index in [9.17, 15) is 4.79 Å². The van der Waals surface area contributed by atoms with E-state index >= 15 is 0 Å². The van der Waals surface area contributed by atoms with Gasteiger partial charge in [-0.2, -0.15) is 5.26 Å². The third kappa shape index (κ3) is 4.25. The van der Waals surface area contributed by atoms with E-state index in [1.54, 1.807) is 0 Å². The molecular weight excluding hydrogens is 332 g/mol. The standard InChI is InChI=1S/C19H22N4OS/c1-22-11-4-7-16(22)17-8-5-12-23(17)14-19(24)21-15-6-2-3-9-18(15)25-13-10-20/h2-4,6-7,9,11,17H,5,8,12-14H2,1H3,(H,21,24)/p+1/t17-/m0/s1. The van der Waals surface area contributed by atoms with Gasteiger partial charge in [0.15, 0.2) is 6.54 Å². The van der Waals surface area contributed by atoms with Crippen LogP contribution in [0, 0.1) is 11.3 Å². The molecule has 1 unspecified atom stereocenters. The first-order valence-electron chi connectivity index (χ1n) is 8.53. The van der Waals surface area contributed by atoms with E-state index in [-0.39, 0.29) is 5.91 Å². The van der Waals surface area contributed by atoms with Crippen molar-refractivity contribution in [2.45, 2.75) is 23.8 Å². The number of nitriles is 1.